The number of rotatable bonds is 8. The number of nitrogens with one attached hydrogen (secondary N) is 1. The summed E-state index contributed by atoms with van der Waals surface area (Å²) in [5, 5.41) is 3.13. The Morgan fingerprint density at radius 2 is 1.03 bits per heavy atom. The summed E-state index contributed by atoms with van der Waals surface area (Å²) in [6.07, 6.45) is 5.63. The van der Waals surface area contributed by atoms with Gasteiger partial charge in [-0.25, -0.2) is 0 Å². The molecule has 0 unspecified atom stereocenters. The maximum atomic E-state index is 12.6. The molecule has 8 nitrogen and oxygen atoms in total. The number of nitrogens with zero attached hydrogens (tertiary/aromatic N) is 3. The molecule has 0 radical (unpaired) electrons. The summed E-state index contributed by atoms with van der Waals surface area (Å²) >= 11 is 0. The van der Waals surface area contributed by atoms with Crippen LogP contribution in [0.4, 0.5) is 0 Å². The average Bonchev–Trinajstić information content (AvgIpc) is 2.92. The number of hydrogen-bond acceptors (Lipinski definition) is 7. The third kappa shape index (κ3) is 6.85. The number of hydrogen-bond donors (Lipinski definition) is 1. The SMILES string of the molecule is Cc1ccc(Oc2nc(Oc3ccc(C)cc3)nc(Oc3ccc(C(=O)NC4CCCCC4)cc3)n2)cc1. The van der Waals surface area contributed by atoms with Crippen LogP contribution in [0.5, 0.6) is 35.3 Å². The number of carbonyl (C=O) groups excluding carboxylic acids is 1. The summed E-state index contributed by atoms with van der Waals surface area (Å²) in [5.41, 5.74) is 2.79. The van der Waals surface area contributed by atoms with Crippen molar-refractivity contribution >= 4 is 5.91 Å². The summed E-state index contributed by atoms with van der Waals surface area (Å²) in [5.74, 6) is 1.53. The van der Waals surface area contributed by atoms with Crippen LogP contribution in [0.25, 0.3) is 0 Å². The van der Waals surface area contributed by atoms with Gasteiger partial charge in [0.25, 0.3) is 5.91 Å². The van der Waals surface area contributed by atoms with E-state index in [1.807, 2.05) is 62.4 Å². The highest BCUT2D eigenvalue weighted by Gasteiger charge is 2.17. The molecule has 0 spiro atoms. The first kappa shape index (κ1) is 25.2. The Morgan fingerprint density at radius 1 is 0.632 bits per heavy atom. The molecule has 0 bridgehead atoms. The average molecular weight is 511 g/mol. The molecule has 0 saturated heterocycles. The number of ether oxygens (including phenoxy) is 3. The Morgan fingerprint density at radius 3 is 1.45 bits per heavy atom. The van der Waals surface area contributed by atoms with Crippen molar-refractivity contribution in [2.24, 2.45) is 0 Å². The molecule has 3 aromatic carbocycles. The van der Waals surface area contributed by atoms with Crippen LogP contribution in [0, 0.1) is 13.8 Å². The molecular formula is C30H30N4O4. The first-order valence-electron chi connectivity index (χ1n) is 12.8. The molecule has 5 rings (SSSR count). The highest BCUT2D eigenvalue weighted by Crippen LogP contribution is 2.27. The summed E-state index contributed by atoms with van der Waals surface area (Å²) in [6, 6.07) is 22.2. The van der Waals surface area contributed by atoms with E-state index in [0.29, 0.717) is 22.8 Å². The molecule has 0 aliphatic heterocycles. The van der Waals surface area contributed by atoms with Crippen molar-refractivity contribution in [3.63, 3.8) is 0 Å². The lowest BCUT2D eigenvalue weighted by molar-refractivity contribution is 0.0927. The zero-order chi connectivity index (χ0) is 26.3. The standard InChI is InChI=1S/C30H30N4O4/c1-20-8-14-24(15-9-20)36-28-32-29(37-25-16-10-21(2)11-17-25)34-30(33-28)38-26-18-12-22(13-19-26)27(35)31-23-6-4-3-5-7-23/h8-19,23H,3-7H2,1-2H3,(H,31,35). The van der Waals surface area contributed by atoms with Crippen LogP contribution in [0.2, 0.25) is 0 Å². The first-order chi connectivity index (χ1) is 18.5. The number of benzene rings is 3. The van der Waals surface area contributed by atoms with Crippen LogP contribution >= 0.6 is 0 Å². The van der Waals surface area contributed by atoms with Gasteiger partial charge in [-0.2, -0.15) is 0 Å². The van der Waals surface area contributed by atoms with Gasteiger partial charge in [-0.1, -0.05) is 54.7 Å². The molecule has 1 heterocycles. The number of aryl methyl sites for hydroxylation is 2. The van der Waals surface area contributed by atoms with E-state index >= 15 is 0 Å². The van der Waals surface area contributed by atoms with E-state index in [4.69, 9.17) is 14.2 Å². The van der Waals surface area contributed by atoms with Crippen molar-refractivity contribution in [1.82, 2.24) is 20.3 Å². The van der Waals surface area contributed by atoms with Gasteiger partial charge in [0, 0.05) is 11.6 Å². The van der Waals surface area contributed by atoms with Gasteiger partial charge in [-0.3, -0.25) is 4.79 Å². The minimum absolute atomic E-state index is 0.00336. The minimum atomic E-state index is -0.0776. The maximum Gasteiger partial charge on any atom is 0.331 e. The third-order valence-corrected chi connectivity index (χ3v) is 6.30. The quantitative estimate of drug-likeness (QED) is 0.275. The van der Waals surface area contributed by atoms with Gasteiger partial charge in [0.15, 0.2) is 0 Å². The van der Waals surface area contributed by atoms with Gasteiger partial charge < -0.3 is 19.5 Å². The van der Waals surface area contributed by atoms with E-state index in [1.165, 1.54) is 6.42 Å². The van der Waals surface area contributed by atoms with Crippen LogP contribution in [-0.2, 0) is 0 Å². The molecule has 1 aromatic heterocycles. The second kappa shape index (κ2) is 11.7. The summed E-state index contributed by atoms with van der Waals surface area (Å²) in [6.45, 7) is 3.99. The van der Waals surface area contributed by atoms with Gasteiger partial charge in [0.2, 0.25) is 0 Å². The minimum Gasteiger partial charge on any atom is -0.424 e. The Kier molecular flexibility index (Phi) is 7.78. The lowest BCUT2D eigenvalue weighted by Crippen LogP contribution is -2.36. The Labute approximate surface area is 222 Å². The van der Waals surface area contributed by atoms with Crippen molar-refractivity contribution in [2.75, 3.05) is 0 Å². The van der Waals surface area contributed by atoms with Gasteiger partial charge >= 0.3 is 18.0 Å². The van der Waals surface area contributed by atoms with Crippen molar-refractivity contribution in [2.45, 2.75) is 52.0 Å². The van der Waals surface area contributed by atoms with E-state index in [-0.39, 0.29) is 30.0 Å². The first-order valence-corrected chi connectivity index (χ1v) is 12.8. The summed E-state index contributed by atoms with van der Waals surface area (Å²) < 4.78 is 17.6. The summed E-state index contributed by atoms with van der Waals surface area (Å²) in [7, 11) is 0. The Balaban J connectivity index is 1.33. The van der Waals surface area contributed by atoms with Crippen LogP contribution in [-0.4, -0.2) is 26.9 Å². The van der Waals surface area contributed by atoms with E-state index in [2.05, 4.69) is 20.3 Å². The smallest absolute Gasteiger partial charge is 0.331 e. The second-order valence-corrected chi connectivity index (χ2v) is 9.45. The number of amides is 1. The highest BCUT2D eigenvalue weighted by atomic mass is 16.5. The monoisotopic (exact) mass is 510 g/mol. The second-order valence-electron chi connectivity index (χ2n) is 9.45. The van der Waals surface area contributed by atoms with Crippen LogP contribution in [0.15, 0.2) is 72.8 Å². The maximum absolute atomic E-state index is 12.6. The van der Waals surface area contributed by atoms with Gasteiger partial charge in [-0.15, -0.1) is 15.0 Å². The van der Waals surface area contributed by atoms with Gasteiger partial charge in [-0.05, 0) is 75.2 Å². The van der Waals surface area contributed by atoms with E-state index < -0.39 is 0 Å². The fourth-order valence-electron chi connectivity index (χ4n) is 4.18. The molecule has 4 aromatic rings. The molecule has 1 aliphatic rings. The summed E-state index contributed by atoms with van der Waals surface area (Å²) in [4.78, 5) is 25.6. The number of carbonyl (C=O) groups is 1. The normalized spacial score (nSPS) is 13.5. The molecule has 194 valence electrons. The molecule has 1 fully saturated rings. The molecule has 38 heavy (non-hydrogen) atoms. The molecular weight excluding hydrogens is 480 g/mol. The topological polar surface area (TPSA) is 95.5 Å². The zero-order valence-electron chi connectivity index (χ0n) is 21.5. The lowest BCUT2D eigenvalue weighted by Gasteiger charge is -2.22. The Bertz CT molecular complexity index is 1300. The van der Waals surface area contributed by atoms with E-state index in [0.717, 1.165) is 36.8 Å². The molecule has 0 atom stereocenters. The molecule has 1 N–H and O–H groups in total. The highest BCUT2D eigenvalue weighted by molar-refractivity contribution is 5.94. The van der Waals surface area contributed by atoms with Crippen LogP contribution in [0.3, 0.4) is 0 Å². The Hall–Kier alpha value is -4.46. The zero-order valence-corrected chi connectivity index (χ0v) is 21.5. The lowest BCUT2D eigenvalue weighted by atomic mass is 9.95. The predicted molar refractivity (Wildman–Crippen MR) is 143 cm³/mol. The van der Waals surface area contributed by atoms with Crippen molar-refractivity contribution in [3.8, 4) is 35.3 Å². The molecule has 8 heteroatoms. The third-order valence-electron chi connectivity index (χ3n) is 6.30. The van der Waals surface area contributed by atoms with Crippen LogP contribution in [0.1, 0.15) is 53.6 Å². The molecule has 1 amide bonds. The van der Waals surface area contributed by atoms with Crippen molar-refractivity contribution in [3.05, 3.63) is 89.5 Å². The van der Waals surface area contributed by atoms with E-state index in [9.17, 15) is 4.79 Å². The number of aromatic nitrogens is 3. The van der Waals surface area contributed by atoms with Gasteiger partial charge in [0.05, 0.1) is 0 Å². The fraction of sp³-hybridized carbons (Fsp3) is 0.267. The van der Waals surface area contributed by atoms with Crippen molar-refractivity contribution < 1.29 is 19.0 Å². The largest absolute Gasteiger partial charge is 0.424 e. The van der Waals surface area contributed by atoms with E-state index in [1.54, 1.807) is 24.3 Å². The van der Waals surface area contributed by atoms with Crippen LogP contribution < -0.4 is 19.5 Å². The van der Waals surface area contributed by atoms with Gasteiger partial charge in [0.1, 0.15) is 17.2 Å². The fourth-order valence-corrected chi connectivity index (χ4v) is 4.18. The predicted octanol–water partition coefficient (Wildman–Crippen LogP) is 6.93. The molecule has 1 aliphatic carbocycles. The van der Waals surface area contributed by atoms with Crippen molar-refractivity contribution in [1.29, 1.82) is 0 Å². The molecule has 1 saturated carbocycles.